The number of carbonyl (C=O) groups is 2. The molecular formula is C17H25NO3S. The molecular weight excluding hydrogens is 298 g/mol. The molecule has 2 rings (SSSR count). The van der Waals surface area contributed by atoms with Gasteiger partial charge >= 0.3 is 5.97 Å². The van der Waals surface area contributed by atoms with Crippen LogP contribution in [0.4, 0.5) is 0 Å². The molecule has 0 radical (unpaired) electrons. The lowest BCUT2D eigenvalue weighted by Gasteiger charge is -2.36. The molecule has 1 aliphatic heterocycles. The molecule has 1 aromatic heterocycles. The second-order valence-electron chi connectivity index (χ2n) is 6.21. The van der Waals surface area contributed by atoms with Crippen LogP contribution in [0.25, 0.3) is 0 Å². The first-order valence-electron chi connectivity index (χ1n) is 8.12. The van der Waals surface area contributed by atoms with Crippen molar-refractivity contribution in [2.45, 2.75) is 57.9 Å². The Morgan fingerprint density at radius 3 is 2.86 bits per heavy atom. The Kier molecular flexibility index (Phi) is 6.43. The van der Waals surface area contributed by atoms with Crippen LogP contribution in [-0.4, -0.2) is 34.5 Å². The highest BCUT2D eigenvalue weighted by Gasteiger charge is 2.34. The Morgan fingerprint density at radius 1 is 1.36 bits per heavy atom. The second kappa shape index (κ2) is 8.32. The van der Waals surface area contributed by atoms with Gasteiger partial charge in [0, 0.05) is 17.8 Å². The van der Waals surface area contributed by atoms with E-state index in [-0.39, 0.29) is 5.91 Å². The smallest absolute Gasteiger partial charge is 0.326 e. The summed E-state index contributed by atoms with van der Waals surface area (Å²) in [6.07, 6.45) is 6.00. The van der Waals surface area contributed by atoms with Gasteiger partial charge in [-0.3, -0.25) is 4.79 Å². The fourth-order valence-corrected chi connectivity index (χ4v) is 3.78. The van der Waals surface area contributed by atoms with Crippen molar-refractivity contribution in [1.29, 1.82) is 0 Å². The molecule has 1 saturated heterocycles. The first-order chi connectivity index (χ1) is 10.6. The van der Waals surface area contributed by atoms with E-state index in [1.807, 2.05) is 0 Å². The lowest BCUT2D eigenvalue weighted by atomic mass is 9.92. The van der Waals surface area contributed by atoms with Crippen molar-refractivity contribution in [3.8, 4) is 0 Å². The molecule has 0 saturated carbocycles. The number of rotatable bonds is 7. The molecule has 0 aliphatic carbocycles. The highest BCUT2D eigenvalue weighted by Crippen LogP contribution is 2.24. The number of hydrogen-bond donors (Lipinski definition) is 1. The zero-order valence-corrected chi connectivity index (χ0v) is 14.0. The number of likely N-dealkylation sites (tertiary alicyclic amines) is 1. The van der Waals surface area contributed by atoms with Crippen LogP contribution >= 0.6 is 11.3 Å². The van der Waals surface area contributed by atoms with Crippen LogP contribution in [0.15, 0.2) is 17.5 Å². The number of hydrogen-bond acceptors (Lipinski definition) is 3. The summed E-state index contributed by atoms with van der Waals surface area (Å²) in [4.78, 5) is 26.6. The first-order valence-corrected chi connectivity index (χ1v) is 9.00. The molecule has 1 fully saturated rings. The van der Waals surface area contributed by atoms with Gasteiger partial charge in [0.1, 0.15) is 6.04 Å². The molecule has 1 aromatic rings. The minimum Gasteiger partial charge on any atom is -0.480 e. The molecule has 1 N–H and O–H groups in total. The van der Waals surface area contributed by atoms with Gasteiger partial charge in [-0.2, -0.15) is 0 Å². The van der Waals surface area contributed by atoms with E-state index in [0.29, 0.717) is 25.3 Å². The molecule has 0 bridgehead atoms. The van der Waals surface area contributed by atoms with Crippen molar-refractivity contribution in [2.24, 2.45) is 5.92 Å². The molecule has 1 amide bonds. The van der Waals surface area contributed by atoms with E-state index in [1.54, 1.807) is 16.2 Å². The van der Waals surface area contributed by atoms with Crippen LogP contribution in [0.3, 0.4) is 0 Å². The van der Waals surface area contributed by atoms with Gasteiger partial charge in [-0.15, -0.1) is 11.3 Å². The standard InChI is InChI=1S/C17H25NO3S/c1-13-9-10-18(15(12-13)17(20)21)16(19)8-4-2-3-6-14-7-5-11-22-14/h5,7,11,13,15H,2-4,6,8-10,12H2,1H3,(H,20,21). The lowest BCUT2D eigenvalue weighted by Crippen LogP contribution is -2.49. The number of carboxylic acid groups (broad SMARTS) is 1. The number of piperidine rings is 1. The molecule has 5 heteroatoms. The Morgan fingerprint density at radius 2 is 2.18 bits per heavy atom. The normalized spacial score (nSPS) is 21.8. The van der Waals surface area contributed by atoms with E-state index in [9.17, 15) is 14.7 Å². The highest BCUT2D eigenvalue weighted by molar-refractivity contribution is 7.09. The lowest BCUT2D eigenvalue weighted by molar-refractivity contribution is -0.153. The van der Waals surface area contributed by atoms with Crippen LogP contribution in [0.5, 0.6) is 0 Å². The van der Waals surface area contributed by atoms with Gasteiger partial charge in [-0.25, -0.2) is 4.79 Å². The van der Waals surface area contributed by atoms with E-state index < -0.39 is 12.0 Å². The quantitative estimate of drug-likeness (QED) is 0.781. The van der Waals surface area contributed by atoms with Gasteiger partial charge in [0.15, 0.2) is 0 Å². The number of unbranched alkanes of at least 4 members (excludes halogenated alkanes) is 2. The monoisotopic (exact) mass is 323 g/mol. The molecule has 1 aliphatic rings. The Balaban J connectivity index is 1.70. The van der Waals surface area contributed by atoms with Crippen LogP contribution < -0.4 is 0 Å². The third kappa shape index (κ3) is 4.83. The van der Waals surface area contributed by atoms with Gasteiger partial charge in [0.05, 0.1) is 0 Å². The van der Waals surface area contributed by atoms with Crippen LogP contribution in [-0.2, 0) is 16.0 Å². The average molecular weight is 323 g/mol. The first kappa shape index (κ1) is 17.0. The Bertz CT molecular complexity index is 486. The average Bonchev–Trinajstić information content (AvgIpc) is 2.99. The molecule has 22 heavy (non-hydrogen) atoms. The van der Waals surface area contributed by atoms with Crippen molar-refractivity contribution >= 4 is 23.2 Å². The minimum absolute atomic E-state index is 0.00965. The summed E-state index contributed by atoms with van der Waals surface area (Å²) >= 11 is 1.77. The third-order valence-corrected chi connectivity index (χ3v) is 5.30. The number of aryl methyl sites for hydroxylation is 1. The molecule has 0 aromatic carbocycles. The Hall–Kier alpha value is -1.36. The topological polar surface area (TPSA) is 57.6 Å². The van der Waals surface area contributed by atoms with E-state index in [4.69, 9.17) is 0 Å². The molecule has 2 heterocycles. The molecule has 0 spiro atoms. The molecule has 2 unspecified atom stereocenters. The van der Waals surface area contributed by atoms with Gasteiger partial charge in [-0.1, -0.05) is 19.4 Å². The maximum absolute atomic E-state index is 12.3. The molecule has 2 atom stereocenters. The van der Waals surface area contributed by atoms with E-state index in [0.717, 1.165) is 32.1 Å². The largest absolute Gasteiger partial charge is 0.480 e. The number of nitrogens with zero attached hydrogens (tertiary/aromatic N) is 1. The fourth-order valence-electron chi connectivity index (χ4n) is 3.02. The number of carboxylic acids is 1. The summed E-state index contributed by atoms with van der Waals surface area (Å²) < 4.78 is 0. The summed E-state index contributed by atoms with van der Waals surface area (Å²) in [6.45, 7) is 2.65. The third-order valence-electron chi connectivity index (χ3n) is 4.36. The van der Waals surface area contributed by atoms with Crippen molar-refractivity contribution in [1.82, 2.24) is 4.90 Å². The minimum atomic E-state index is -0.863. The summed E-state index contributed by atoms with van der Waals surface area (Å²) in [5, 5.41) is 11.4. The van der Waals surface area contributed by atoms with Crippen molar-refractivity contribution < 1.29 is 14.7 Å². The fraction of sp³-hybridized carbons (Fsp3) is 0.647. The summed E-state index contributed by atoms with van der Waals surface area (Å²) in [6, 6.07) is 3.58. The molecule has 4 nitrogen and oxygen atoms in total. The van der Waals surface area contributed by atoms with Crippen LogP contribution in [0.2, 0.25) is 0 Å². The van der Waals surface area contributed by atoms with E-state index >= 15 is 0 Å². The number of amides is 1. The van der Waals surface area contributed by atoms with Crippen LogP contribution in [0.1, 0.15) is 50.3 Å². The highest BCUT2D eigenvalue weighted by atomic mass is 32.1. The van der Waals surface area contributed by atoms with E-state index in [2.05, 4.69) is 24.4 Å². The predicted octanol–water partition coefficient (Wildman–Crippen LogP) is 3.56. The number of carbonyl (C=O) groups excluding carboxylic acids is 1. The second-order valence-corrected chi connectivity index (χ2v) is 7.24. The summed E-state index contributed by atoms with van der Waals surface area (Å²) in [7, 11) is 0. The van der Waals surface area contributed by atoms with Gasteiger partial charge in [-0.05, 0) is 49.5 Å². The number of aliphatic carboxylic acids is 1. The van der Waals surface area contributed by atoms with Crippen LogP contribution in [0, 0.1) is 5.92 Å². The van der Waals surface area contributed by atoms with Crippen molar-refractivity contribution in [2.75, 3.05) is 6.54 Å². The van der Waals surface area contributed by atoms with E-state index in [1.165, 1.54) is 4.88 Å². The number of thiophene rings is 1. The van der Waals surface area contributed by atoms with Gasteiger partial charge in [0.2, 0.25) is 5.91 Å². The van der Waals surface area contributed by atoms with Gasteiger partial charge in [0.25, 0.3) is 0 Å². The summed E-state index contributed by atoms with van der Waals surface area (Å²) in [5.41, 5.74) is 0. The zero-order valence-electron chi connectivity index (χ0n) is 13.2. The maximum Gasteiger partial charge on any atom is 0.326 e. The summed E-state index contributed by atoms with van der Waals surface area (Å²) in [5.74, 6) is -0.469. The van der Waals surface area contributed by atoms with Crippen molar-refractivity contribution in [3.63, 3.8) is 0 Å². The molecule has 122 valence electrons. The van der Waals surface area contributed by atoms with Gasteiger partial charge < -0.3 is 10.0 Å². The Labute approximate surface area is 136 Å². The predicted molar refractivity (Wildman–Crippen MR) is 88.0 cm³/mol. The SMILES string of the molecule is CC1CCN(C(=O)CCCCCc2cccs2)C(C(=O)O)C1. The zero-order chi connectivity index (χ0) is 15.9. The van der Waals surface area contributed by atoms with Crippen molar-refractivity contribution in [3.05, 3.63) is 22.4 Å². The maximum atomic E-state index is 12.3.